The highest BCUT2D eigenvalue weighted by molar-refractivity contribution is 9.15. The first-order valence-electron chi connectivity index (χ1n) is 9.05. The molecular formula is C19H24BrO7P. The highest BCUT2D eigenvalue weighted by Gasteiger charge is 2.55. The Morgan fingerprint density at radius 1 is 1.18 bits per heavy atom. The third kappa shape index (κ3) is 4.92. The van der Waals surface area contributed by atoms with Crippen LogP contribution in [0.5, 0.6) is 0 Å². The highest BCUT2D eigenvalue weighted by atomic mass is 79.9. The van der Waals surface area contributed by atoms with Gasteiger partial charge in [0, 0.05) is 4.48 Å². The molecule has 154 valence electrons. The van der Waals surface area contributed by atoms with E-state index in [-0.39, 0.29) is 26.4 Å². The molecular weight excluding hydrogens is 451 g/mol. The normalized spacial score (nSPS) is 19.9. The van der Waals surface area contributed by atoms with Crippen LogP contribution in [0.15, 0.2) is 35.9 Å². The fourth-order valence-electron chi connectivity index (χ4n) is 2.99. The van der Waals surface area contributed by atoms with Crippen LogP contribution in [0.2, 0.25) is 0 Å². The first-order valence-corrected chi connectivity index (χ1v) is 11.5. The van der Waals surface area contributed by atoms with Gasteiger partial charge in [0.1, 0.15) is 12.5 Å². The fraction of sp³-hybridized carbons (Fsp3) is 0.474. The maximum atomic E-state index is 13.5. The van der Waals surface area contributed by atoms with Crippen LogP contribution in [0.4, 0.5) is 0 Å². The number of esters is 2. The van der Waals surface area contributed by atoms with Crippen molar-refractivity contribution in [3.05, 3.63) is 41.5 Å². The molecule has 1 fully saturated rings. The Morgan fingerprint density at radius 3 is 2.32 bits per heavy atom. The molecule has 1 aliphatic rings. The summed E-state index contributed by atoms with van der Waals surface area (Å²) in [6.07, 6.45) is 0. The van der Waals surface area contributed by atoms with E-state index >= 15 is 0 Å². The van der Waals surface area contributed by atoms with E-state index in [1.165, 1.54) is 0 Å². The van der Waals surface area contributed by atoms with Crippen LogP contribution in [0.1, 0.15) is 26.3 Å². The third-order valence-electron chi connectivity index (χ3n) is 4.11. The van der Waals surface area contributed by atoms with Gasteiger partial charge in [-0.15, -0.1) is 0 Å². The van der Waals surface area contributed by atoms with E-state index in [0.29, 0.717) is 10.1 Å². The lowest BCUT2D eigenvalue weighted by molar-refractivity contribution is -0.149. The molecule has 0 aromatic heterocycles. The standard InChI is InChI=1S/C19H24BrO7P/c1-4-24-19(22)17(28(23,26-5-2)27-6-3)15-14(12-25-18(15)21)16(20)13-10-8-7-9-11-13/h7-11,15,17H,4-6,12H2,1-3H3/b16-14-. The number of cyclic esters (lactones) is 1. The summed E-state index contributed by atoms with van der Waals surface area (Å²) in [4.78, 5) is 25.4. The molecule has 1 aromatic rings. The summed E-state index contributed by atoms with van der Waals surface area (Å²) in [5.74, 6) is -2.62. The predicted octanol–water partition coefficient (Wildman–Crippen LogP) is 4.16. The van der Waals surface area contributed by atoms with Crippen LogP contribution < -0.4 is 0 Å². The van der Waals surface area contributed by atoms with E-state index in [1.807, 2.05) is 30.3 Å². The average molecular weight is 475 g/mol. The lowest BCUT2D eigenvalue weighted by Crippen LogP contribution is -2.36. The van der Waals surface area contributed by atoms with Gasteiger partial charge in [-0.05, 0) is 31.9 Å². The first-order chi connectivity index (χ1) is 13.4. The minimum absolute atomic E-state index is 0.0346. The monoisotopic (exact) mass is 474 g/mol. The number of carbonyl (C=O) groups is 2. The van der Waals surface area contributed by atoms with Gasteiger partial charge in [0.15, 0.2) is 5.66 Å². The molecule has 0 saturated carbocycles. The SMILES string of the molecule is CCOC(=O)C(C1C(=O)OC/C1=C(/Br)c1ccccc1)P(=O)(OCC)OCC. The second kappa shape index (κ2) is 10.3. The molecule has 0 spiro atoms. The molecule has 2 rings (SSSR count). The van der Waals surface area contributed by atoms with E-state index in [9.17, 15) is 14.2 Å². The number of ether oxygens (including phenoxy) is 2. The topological polar surface area (TPSA) is 88.1 Å². The Balaban J connectivity index is 2.60. The summed E-state index contributed by atoms with van der Waals surface area (Å²) in [5.41, 5.74) is -0.159. The number of hydrogen-bond acceptors (Lipinski definition) is 7. The number of carbonyl (C=O) groups excluding carboxylic acids is 2. The molecule has 0 radical (unpaired) electrons. The zero-order chi connectivity index (χ0) is 20.7. The van der Waals surface area contributed by atoms with E-state index in [2.05, 4.69) is 15.9 Å². The Morgan fingerprint density at radius 2 is 1.79 bits per heavy atom. The van der Waals surface area contributed by atoms with Crippen LogP contribution in [-0.2, 0) is 32.7 Å². The van der Waals surface area contributed by atoms with Crippen molar-refractivity contribution in [1.29, 1.82) is 0 Å². The molecule has 0 bridgehead atoms. The van der Waals surface area contributed by atoms with E-state index in [4.69, 9.17) is 18.5 Å². The molecule has 2 unspecified atom stereocenters. The molecule has 0 amide bonds. The van der Waals surface area contributed by atoms with Crippen LogP contribution in [-0.4, -0.2) is 44.0 Å². The molecule has 1 aromatic carbocycles. The maximum absolute atomic E-state index is 13.5. The van der Waals surface area contributed by atoms with E-state index < -0.39 is 31.1 Å². The summed E-state index contributed by atoms with van der Waals surface area (Å²) >= 11 is 3.51. The molecule has 7 nitrogen and oxygen atoms in total. The zero-order valence-corrected chi connectivity index (χ0v) is 18.5. The van der Waals surface area contributed by atoms with Gasteiger partial charge in [-0.3, -0.25) is 14.2 Å². The smallest absolute Gasteiger partial charge is 0.346 e. The minimum atomic E-state index is -4.00. The Labute approximate surface area is 173 Å². The molecule has 1 aliphatic heterocycles. The summed E-state index contributed by atoms with van der Waals surface area (Å²) < 4.78 is 35.2. The Hall–Kier alpha value is -1.47. The van der Waals surface area contributed by atoms with Gasteiger partial charge >= 0.3 is 19.5 Å². The van der Waals surface area contributed by atoms with Crippen molar-refractivity contribution in [3.8, 4) is 0 Å². The summed E-state index contributed by atoms with van der Waals surface area (Å²) in [5, 5.41) is 0. The van der Waals surface area contributed by atoms with Gasteiger partial charge in [0.05, 0.1) is 19.8 Å². The van der Waals surface area contributed by atoms with Gasteiger partial charge in [-0.2, -0.15) is 0 Å². The second-order valence-electron chi connectivity index (χ2n) is 5.86. The van der Waals surface area contributed by atoms with Crippen molar-refractivity contribution >= 4 is 39.9 Å². The lowest BCUT2D eigenvalue weighted by Gasteiger charge is -2.28. The van der Waals surface area contributed by atoms with Crippen molar-refractivity contribution < 1.29 is 32.7 Å². The van der Waals surface area contributed by atoms with Gasteiger partial charge in [-0.25, -0.2) is 0 Å². The lowest BCUT2D eigenvalue weighted by atomic mass is 9.95. The fourth-order valence-corrected chi connectivity index (χ4v) is 5.73. The molecule has 2 atom stereocenters. The highest BCUT2D eigenvalue weighted by Crippen LogP contribution is 2.58. The molecule has 1 saturated heterocycles. The van der Waals surface area contributed by atoms with Crippen LogP contribution in [0, 0.1) is 5.92 Å². The molecule has 0 N–H and O–H groups in total. The van der Waals surface area contributed by atoms with Gasteiger partial charge in [-0.1, -0.05) is 46.3 Å². The summed E-state index contributed by atoms with van der Waals surface area (Å²) in [6, 6.07) is 9.25. The quantitative estimate of drug-likeness (QED) is 0.392. The Bertz CT molecular complexity index is 768. The number of hydrogen-bond donors (Lipinski definition) is 0. The average Bonchev–Trinajstić information content (AvgIpc) is 3.04. The van der Waals surface area contributed by atoms with Gasteiger partial charge < -0.3 is 18.5 Å². The van der Waals surface area contributed by atoms with Crippen molar-refractivity contribution in [1.82, 2.24) is 0 Å². The molecule has 28 heavy (non-hydrogen) atoms. The van der Waals surface area contributed by atoms with Crippen LogP contribution in [0.25, 0.3) is 4.48 Å². The zero-order valence-electron chi connectivity index (χ0n) is 16.1. The molecule has 0 aliphatic carbocycles. The molecule has 1 heterocycles. The minimum Gasteiger partial charge on any atom is -0.465 e. The van der Waals surface area contributed by atoms with Crippen molar-refractivity contribution in [2.24, 2.45) is 5.92 Å². The van der Waals surface area contributed by atoms with Crippen molar-refractivity contribution in [2.45, 2.75) is 26.4 Å². The van der Waals surface area contributed by atoms with Gasteiger partial charge in [0.2, 0.25) is 0 Å². The van der Waals surface area contributed by atoms with E-state index in [1.54, 1.807) is 20.8 Å². The summed E-state index contributed by atoms with van der Waals surface area (Å²) in [6.45, 7) is 5.03. The van der Waals surface area contributed by atoms with Crippen molar-refractivity contribution in [2.75, 3.05) is 26.4 Å². The predicted molar refractivity (Wildman–Crippen MR) is 108 cm³/mol. The first kappa shape index (κ1) is 22.8. The number of benzene rings is 1. The maximum Gasteiger partial charge on any atom is 0.346 e. The van der Waals surface area contributed by atoms with Crippen LogP contribution >= 0.6 is 23.5 Å². The van der Waals surface area contributed by atoms with E-state index in [0.717, 1.165) is 5.56 Å². The largest absolute Gasteiger partial charge is 0.465 e. The van der Waals surface area contributed by atoms with Crippen molar-refractivity contribution in [3.63, 3.8) is 0 Å². The number of halogens is 1. The summed E-state index contributed by atoms with van der Waals surface area (Å²) in [7, 11) is -4.00. The second-order valence-corrected chi connectivity index (χ2v) is 8.81. The molecule has 9 heteroatoms. The third-order valence-corrected chi connectivity index (χ3v) is 7.50. The Kier molecular flexibility index (Phi) is 8.43. The van der Waals surface area contributed by atoms with Gasteiger partial charge in [0.25, 0.3) is 0 Å². The van der Waals surface area contributed by atoms with Crippen LogP contribution in [0.3, 0.4) is 0 Å². The number of rotatable bonds is 9.